The number of benzene rings is 1. The monoisotopic (exact) mass is 302 g/mol. The summed E-state index contributed by atoms with van der Waals surface area (Å²) in [6.45, 7) is 3.45. The predicted octanol–water partition coefficient (Wildman–Crippen LogP) is 2.83. The Hall–Kier alpha value is -0.840. The zero-order valence-electron chi connectivity index (χ0n) is 11.8. The summed E-state index contributed by atoms with van der Waals surface area (Å²) in [6, 6.07) is 6.79. The van der Waals surface area contributed by atoms with E-state index in [1.54, 1.807) is 12.1 Å². The van der Waals surface area contributed by atoms with Crippen molar-refractivity contribution in [3.05, 3.63) is 30.1 Å². The van der Waals surface area contributed by atoms with Gasteiger partial charge >= 0.3 is 0 Å². The normalized spacial score (nSPS) is 19.4. The lowest BCUT2D eigenvalue weighted by Gasteiger charge is -2.35. The SMILES string of the molecule is Cl.NCCC1CCCCN1CCOc1ccc(F)cc1. The molecule has 1 heterocycles. The van der Waals surface area contributed by atoms with Gasteiger partial charge in [0.05, 0.1) is 0 Å². The summed E-state index contributed by atoms with van der Waals surface area (Å²) < 4.78 is 18.4. The largest absolute Gasteiger partial charge is 0.492 e. The number of piperidine rings is 1. The number of rotatable bonds is 6. The zero-order valence-corrected chi connectivity index (χ0v) is 12.6. The van der Waals surface area contributed by atoms with Gasteiger partial charge in [-0.05, 0) is 56.6 Å². The summed E-state index contributed by atoms with van der Waals surface area (Å²) in [5.74, 6) is 0.500. The highest BCUT2D eigenvalue weighted by Crippen LogP contribution is 2.19. The van der Waals surface area contributed by atoms with Crippen LogP contribution < -0.4 is 10.5 Å². The zero-order chi connectivity index (χ0) is 13.5. The first-order chi connectivity index (χ1) is 9.29. The number of nitrogens with two attached hydrogens (primary N) is 1. The number of ether oxygens (including phenoxy) is 1. The fraction of sp³-hybridized carbons (Fsp3) is 0.600. The quantitative estimate of drug-likeness (QED) is 0.878. The third-order valence-corrected chi connectivity index (χ3v) is 3.71. The topological polar surface area (TPSA) is 38.5 Å². The van der Waals surface area contributed by atoms with Crippen LogP contribution in [-0.2, 0) is 0 Å². The molecule has 0 saturated carbocycles. The van der Waals surface area contributed by atoms with E-state index in [0.717, 1.165) is 31.8 Å². The molecule has 0 spiro atoms. The van der Waals surface area contributed by atoms with Gasteiger partial charge < -0.3 is 10.5 Å². The Morgan fingerprint density at radius 3 is 2.70 bits per heavy atom. The van der Waals surface area contributed by atoms with E-state index < -0.39 is 0 Å². The van der Waals surface area contributed by atoms with Crippen molar-refractivity contribution in [2.24, 2.45) is 5.73 Å². The molecule has 1 aromatic rings. The van der Waals surface area contributed by atoms with Gasteiger partial charge in [-0.15, -0.1) is 12.4 Å². The first-order valence-electron chi connectivity index (χ1n) is 7.12. The van der Waals surface area contributed by atoms with Gasteiger partial charge in [0.2, 0.25) is 0 Å². The van der Waals surface area contributed by atoms with Gasteiger partial charge in [0.15, 0.2) is 0 Å². The lowest BCUT2D eigenvalue weighted by molar-refractivity contribution is 0.118. The number of nitrogens with zero attached hydrogens (tertiary/aromatic N) is 1. The van der Waals surface area contributed by atoms with Crippen LogP contribution in [0.25, 0.3) is 0 Å². The second-order valence-electron chi connectivity index (χ2n) is 5.07. The average Bonchev–Trinajstić information content (AvgIpc) is 2.43. The van der Waals surface area contributed by atoms with Crippen LogP contribution in [0.5, 0.6) is 5.75 Å². The lowest BCUT2D eigenvalue weighted by atomic mass is 9.99. The molecule has 0 amide bonds. The summed E-state index contributed by atoms with van der Waals surface area (Å²) in [5, 5.41) is 0. The molecule has 1 aliphatic heterocycles. The summed E-state index contributed by atoms with van der Waals surface area (Å²) in [5.41, 5.74) is 5.66. The van der Waals surface area contributed by atoms with E-state index in [0.29, 0.717) is 12.6 Å². The van der Waals surface area contributed by atoms with Crippen molar-refractivity contribution < 1.29 is 9.13 Å². The van der Waals surface area contributed by atoms with Crippen molar-refractivity contribution in [1.82, 2.24) is 4.90 Å². The maximum absolute atomic E-state index is 12.8. The number of likely N-dealkylation sites (tertiary alicyclic amines) is 1. The van der Waals surface area contributed by atoms with Gasteiger partial charge in [-0.1, -0.05) is 6.42 Å². The Morgan fingerprint density at radius 2 is 2.00 bits per heavy atom. The molecule has 3 nitrogen and oxygen atoms in total. The number of hydrogen-bond acceptors (Lipinski definition) is 3. The van der Waals surface area contributed by atoms with Crippen LogP contribution in [0.1, 0.15) is 25.7 Å². The second-order valence-corrected chi connectivity index (χ2v) is 5.07. The van der Waals surface area contributed by atoms with Crippen molar-refractivity contribution in [2.75, 3.05) is 26.2 Å². The van der Waals surface area contributed by atoms with E-state index in [2.05, 4.69) is 4.90 Å². The van der Waals surface area contributed by atoms with Crippen molar-refractivity contribution in [3.8, 4) is 5.75 Å². The van der Waals surface area contributed by atoms with E-state index in [4.69, 9.17) is 10.5 Å². The van der Waals surface area contributed by atoms with E-state index in [1.165, 1.54) is 31.4 Å². The van der Waals surface area contributed by atoms with E-state index in [1.807, 2.05) is 0 Å². The van der Waals surface area contributed by atoms with Crippen molar-refractivity contribution in [1.29, 1.82) is 0 Å². The van der Waals surface area contributed by atoms with Crippen LogP contribution in [0, 0.1) is 5.82 Å². The molecule has 114 valence electrons. The highest BCUT2D eigenvalue weighted by molar-refractivity contribution is 5.85. The molecule has 1 fully saturated rings. The molecule has 0 aliphatic carbocycles. The van der Waals surface area contributed by atoms with Crippen LogP contribution in [0.2, 0.25) is 0 Å². The Bertz CT molecular complexity index is 373. The molecule has 5 heteroatoms. The van der Waals surface area contributed by atoms with Gasteiger partial charge in [0.1, 0.15) is 18.2 Å². The standard InChI is InChI=1S/C15H23FN2O.ClH/c16-13-4-6-15(7-5-13)19-12-11-18-10-2-1-3-14(18)8-9-17;/h4-7,14H,1-3,8-12,17H2;1H. The van der Waals surface area contributed by atoms with E-state index in [-0.39, 0.29) is 18.2 Å². The summed E-state index contributed by atoms with van der Waals surface area (Å²) in [6.07, 6.45) is 4.88. The minimum atomic E-state index is -0.230. The van der Waals surface area contributed by atoms with Crippen LogP contribution in [-0.4, -0.2) is 37.2 Å². The fourth-order valence-corrected chi connectivity index (χ4v) is 2.69. The van der Waals surface area contributed by atoms with E-state index in [9.17, 15) is 4.39 Å². The number of hydrogen-bond donors (Lipinski definition) is 1. The van der Waals surface area contributed by atoms with Crippen LogP contribution >= 0.6 is 12.4 Å². The van der Waals surface area contributed by atoms with Gasteiger partial charge in [-0.3, -0.25) is 4.90 Å². The molecule has 1 aromatic carbocycles. The first kappa shape index (κ1) is 17.2. The maximum atomic E-state index is 12.8. The Morgan fingerprint density at radius 1 is 1.25 bits per heavy atom. The number of halogens is 2. The molecular weight excluding hydrogens is 279 g/mol. The molecule has 1 unspecified atom stereocenters. The summed E-state index contributed by atoms with van der Waals surface area (Å²) >= 11 is 0. The third kappa shape index (κ3) is 5.27. The van der Waals surface area contributed by atoms with Gasteiger partial charge in [-0.2, -0.15) is 0 Å². The smallest absolute Gasteiger partial charge is 0.123 e. The van der Waals surface area contributed by atoms with Crippen LogP contribution in [0.3, 0.4) is 0 Å². The molecule has 0 bridgehead atoms. The predicted molar refractivity (Wildman–Crippen MR) is 82.0 cm³/mol. The summed E-state index contributed by atoms with van der Waals surface area (Å²) in [7, 11) is 0. The lowest BCUT2D eigenvalue weighted by Crippen LogP contribution is -2.42. The van der Waals surface area contributed by atoms with Gasteiger partial charge in [0.25, 0.3) is 0 Å². The van der Waals surface area contributed by atoms with Crippen LogP contribution in [0.4, 0.5) is 4.39 Å². The first-order valence-corrected chi connectivity index (χ1v) is 7.12. The molecule has 0 radical (unpaired) electrons. The maximum Gasteiger partial charge on any atom is 0.123 e. The van der Waals surface area contributed by atoms with Crippen molar-refractivity contribution >= 4 is 12.4 Å². The van der Waals surface area contributed by atoms with Crippen molar-refractivity contribution in [3.63, 3.8) is 0 Å². The molecule has 20 heavy (non-hydrogen) atoms. The van der Waals surface area contributed by atoms with Crippen LogP contribution in [0.15, 0.2) is 24.3 Å². The highest BCUT2D eigenvalue weighted by Gasteiger charge is 2.21. The molecular formula is C15H24ClFN2O. The minimum Gasteiger partial charge on any atom is -0.492 e. The summed E-state index contributed by atoms with van der Waals surface area (Å²) in [4.78, 5) is 2.47. The van der Waals surface area contributed by atoms with Gasteiger partial charge in [0, 0.05) is 12.6 Å². The van der Waals surface area contributed by atoms with E-state index >= 15 is 0 Å². The second kappa shape index (κ2) is 9.16. The molecule has 1 atom stereocenters. The van der Waals surface area contributed by atoms with Crippen molar-refractivity contribution in [2.45, 2.75) is 31.7 Å². The Balaban J connectivity index is 0.00000200. The Kier molecular flexibility index (Phi) is 7.88. The average molecular weight is 303 g/mol. The molecule has 2 N–H and O–H groups in total. The molecule has 2 rings (SSSR count). The fourth-order valence-electron chi connectivity index (χ4n) is 2.69. The highest BCUT2D eigenvalue weighted by atomic mass is 35.5. The minimum absolute atomic E-state index is 0. The Labute approximate surface area is 126 Å². The third-order valence-electron chi connectivity index (χ3n) is 3.71. The van der Waals surface area contributed by atoms with Gasteiger partial charge in [-0.25, -0.2) is 4.39 Å². The molecule has 1 aliphatic rings. The molecule has 1 saturated heterocycles. The molecule has 0 aromatic heterocycles.